The predicted molar refractivity (Wildman–Crippen MR) is 541 cm³/mol. The number of primary amides is 1. The zero-order valence-electron chi connectivity index (χ0n) is 84.8. The van der Waals surface area contributed by atoms with E-state index in [0.29, 0.717) is 61.8 Å². The SMILES string of the molecule is CC[C@H](C)[C@H](NC(=O)CN)C(=O)N[C@@H](CCCCN)C(=O)N[C@@H](Cc1cnc[nH]1)C(=O)N[C@@H](CO)C(=O)N[C@@H](C)C(=O)N[C@@H](CCCCN)C(=O)N[C@@H](CCCCN)C(=O)N[C@@H](Cc1ccccc1)C(=O)N[C@@H](C)C(=O)N[C@@H](CCCCN)C(=O)N[C@@H](C)C(=O)N[C@@H](Cc1ccccc1)C(=O)N[C@@H](CCCCN)C(=O)N[C@@H](C)C(=O)N[C@H](C(=O)N[C@@H](CCSC)C(=O)N[C@@H](CC(N)=O)C(=O)N[C@@H](CO)C(=O)O)[C@@H](C)CC. The van der Waals surface area contributed by atoms with Gasteiger partial charge < -0.3 is 156 Å². The van der Waals surface area contributed by atoms with Crippen molar-refractivity contribution in [2.24, 2.45) is 52.0 Å². The van der Waals surface area contributed by atoms with Crippen molar-refractivity contribution in [2.45, 2.75) is 305 Å². The summed E-state index contributed by atoms with van der Waals surface area (Å²) in [6.45, 7) is 10.5. The van der Waals surface area contributed by atoms with Crippen molar-refractivity contribution < 1.29 is 111 Å². The first-order valence-corrected chi connectivity index (χ1v) is 50.9. The van der Waals surface area contributed by atoms with Crippen LogP contribution in [-0.2, 0) is 115 Å². The maximum absolute atomic E-state index is 14.8. The topological polar surface area (TPSA) is 829 Å². The van der Waals surface area contributed by atoms with Gasteiger partial charge in [0.05, 0.1) is 32.5 Å². The molecule has 50 nitrogen and oxygen atoms in total. The Hall–Kier alpha value is -12.9. The standard InChI is InChI=1S/C95H157N27O23S/c1-10-53(3)76(121-75(126)48-101)93(142)113-66(36-22-27-42-100)86(135)117-70(46-61-49-103-52-104-61)90(139)119-72(50-123)92(141)108-56(6)79(128)110-64(34-20-25-40-98)84(133)111-65(35-21-26-41-99)85(134)116-68(44-59-28-14-12-15-29-59)88(137)107-55(5)78(127)109-62(32-18-23-38-96)82(131)105-57(7)80(129)115-69(45-60-30-16-13-17-31-60)89(138)112-63(33-19-24-39-97)83(132)106-58(8)81(130)122-77(54(4)11-2)94(143)114-67(37-43-146-9)87(136)118-71(47-74(102)125)91(140)120-73(51-124)95(144)145/h12-17,28-31,49,52-58,62-73,76-77,123-124H,10-11,18-27,32-48,50-51,96-101H2,1-9H3,(H2,102,125)(H,103,104)(H,105,131)(H,106,132)(H,107,137)(H,108,141)(H,109,127)(H,110,128)(H,111,133)(H,112,138)(H,113,142)(H,114,143)(H,115,129)(H,116,134)(H,117,135)(H,118,136)(H,119,139)(H,120,140)(H,121,126)(H,122,130)(H,144,145)/t53-,54-,55-,56-,57-,58-,62-,63-,64-,65-,66-,67-,68-,69-,70-,71-,72-,73-,76-,77-/m0/s1. The quantitative estimate of drug-likeness (QED) is 0.0234. The van der Waals surface area contributed by atoms with Gasteiger partial charge in [-0.2, -0.15) is 11.8 Å². The molecule has 3 aromatic rings. The molecule has 0 bridgehead atoms. The van der Waals surface area contributed by atoms with E-state index >= 15 is 0 Å². The van der Waals surface area contributed by atoms with Gasteiger partial charge in [-0.1, -0.05) is 101 Å². The highest BCUT2D eigenvalue weighted by atomic mass is 32.2. The molecule has 19 amide bonds. The number of nitrogens with one attached hydrogen (secondary N) is 19. The first kappa shape index (κ1) is 127. The number of carboxylic acids is 1. The lowest BCUT2D eigenvalue weighted by Crippen LogP contribution is -2.61. The molecule has 0 fully saturated rings. The highest BCUT2D eigenvalue weighted by molar-refractivity contribution is 7.98. The molecule has 51 heteroatoms. The van der Waals surface area contributed by atoms with E-state index in [1.165, 1.54) is 52.0 Å². The molecule has 0 radical (unpaired) electrons. The molecular formula is C95H157N27O23S. The number of carbonyl (C=O) groups is 20. The number of carboxylic acid groups (broad SMARTS) is 1. The van der Waals surface area contributed by atoms with Gasteiger partial charge in [0.2, 0.25) is 112 Å². The minimum absolute atomic E-state index is 0.0473. The lowest BCUT2D eigenvalue weighted by Gasteiger charge is -2.29. The Morgan fingerprint density at radius 1 is 0.329 bits per heavy atom. The molecule has 816 valence electrons. The number of aliphatic hydroxyl groups is 2. The average molecular weight is 2080 g/mol. The van der Waals surface area contributed by atoms with Crippen molar-refractivity contribution in [1.29, 1.82) is 0 Å². The van der Waals surface area contributed by atoms with Crippen LogP contribution in [0.2, 0.25) is 0 Å². The summed E-state index contributed by atoms with van der Waals surface area (Å²) in [7, 11) is 0. The zero-order valence-corrected chi connectivity index (χ0v) is 85.6. The molecule has 0 aliphatic heterocycles. The van der Waals surface area contributed by atoms with Crippen LogP contribution in [0, 0.1) is 11.8 Å². The molecule has 0 spiro atoms. The number of thioether (sulfide) groups is 1. The number of H-pyrrole nitrogens is 1. The van der Waals surface area contributed by atoms with Crippen molar-refractivity contribution in [2.75, 3.05) is 64.5 Å². The number of aromatic nitrogens is 2. The number of benzene rings is 2. The normalized spacial score (nSPS) is 15.3. The molecule has 1 heterocycles. The summed E-state index contributed by atoms with van der Waals surface area (Å²) in [5.74, 6) is -19.7. The third kappa shape index (κ3) is 47.1. The van der Waals surface area contributed by atoms with E-state index in [2.05, 4.69) is 100 Å². The van der Waals surface area contributed by atoms with Gasteiger partial charge in [0.15, 0.2) is 0 Å². The van der Waals surface area contributed by atoms with Gasteiger partial charge in [-0.05, 0) is 198 Å². The minimum Gasteiger partial charge on any atom is -0.480 e. The number of nitrogens with zero attached hydrogens (tertiary/aromatic N) is 1. The molecule has 146 heavy (non-hydrogen) atoms. The lowest BCUT2D eigenvalue weighted by molar-refractivity contribution is -0.143. The predicted octanol–water partition coefficient (Wildman–Crippen LogP) is -7.36. The molecule has 2 aromatic carbocycles. The van der Waals surface area contributed by atoms with E-state index in [1.54, 1.807) is 94.6 Å². The maximum Gasteiger partial charge on any atom is 0.328 e. The molecule has 0 saturated carbocycles. The third-order valence-corrected chi connectivity index (χ3v) is 24.7. The van der Waals surface area contributed by atoms with Crippen molar-refractivity contribution in [1.82, 2.24) is 106 Å². The minimum atomic E-state index is -1.81. The van der Waals surface area contributed by atoms with Gasteiger partial charge in [0.25, 0.3) is 0 Å². The second kappa shape index (κ2) is 70.0. The molecule has 0 aliphatic rings. The lowest BCUT2D eigenvalue weighted by atomic mass is 9.97. The smallest absolute Gasteiger partial charge is 0.328 e. The van der Waals surface area contributed by atoms with Crippen LogP contribution in [0.3, 0.4) is 0 Å². The van der Waals surface area contributed by atoms with Crippen LogP contribution in [0.1, 0.15) is 194 Å². The average Bonchev–Trinajstić information content (AvgIpc) is 1.18. The summed E-state index contributed by atoms with van der Waals surface area (Å²) < 4.78 is 0. The van der Waals surface area contributed by atoms with E-state index in [1.807, 2.05) is 5.32 Å². The number of aliphatic carboxylic acids is 1. The van der Waals surface area contributed by atoms with Crippen molar-refractivity contribution in [3.8, 4) is 0 Å². The Kier molecular flexibility index (Phi) is 61.0. The first-order chi connectivity index (χ1) is 69.5. The van der Waals surface area contributed by atoms with E-state index in [-0.39, 0.29) is 128 Å². The number of imidazole rings is 1. The Balaban J connectivity index is 1.89. The number of hydrogen-bond acceptors (Lipinski definition) is 30. The molecular weight excluding hydrogens is 1920 g/mol. The number of aromatic amines is 1. The second-order valence-electron chi connectivity index (χ2n) is 35.9. The van der Waals surface area contributed by atoms with Gasteiger partial charge in [0, 0.05) is 31.2 Å². The number of amides is 19. The summed E-state index contributed by atoms with van der Waals surface area (Å²) in [5, 5.41) is 75.7. The molecule has 0 unspecified atom stereocenters. The van der Waals surface area contributed by atoms with Gasteiger partial charge >= 0.3 is 5.97 Å². The Morgan fingerprint density at radius 2 is 0.603 bits per heavy atom. The Morgan fingerprint density at radius 3 is 0.925 bits per heavy atom. The Labute approximate surface area is 854 Å². The van der Waals surface area contributed by atoms with Crippen LogP contribution in [-0.4, -0.2) is 317 Å². The zero-order chi connectivity index (χ0) is 109. The van der Waals surface area contributed by atoms with Gasteiger partial charge in [-0.25, -0.2) is 9.78 Å². The summed E-state index contributed by atoms with van der Waals surface area (Å²) in [4.78, 5) is 285. The highest BCUT2D eigenvalue weighted by Gasteiger charge is 2.41. The van der Waals surface area contributed by atoms with Crippen LogP contribution in [0.15, 0.2) is 73.2 Å². The summed E-state index contributed by atoms with van der Waals surface area (Å²) in [5.41, 5.74) is 41.6. The number of nitrogens with two attached hydrogens (primary N) is 7. The van der Waals surface area contributed by atoms with Crippen LogP contribution < -0.4 is 136 Å². The highest BCUT2D eigenvalue weighted by Crippen LogP contribution is 2.18. The van der Waals surface area contributed by atoms with Crippen LogP contribution >= 0.6 is 11.8 Å². The number of carbonyl (C=O) groups excluding carboxylic acids is 19. The van der Waals surface area contributed by atoms with Crippen LogP contribution in [0.4, 0.5) is 0 Å². The fourth-order valence-corrected chi connectivity index (χ4v) is 15.3. The number of rotatable bonds is 74. The molecule has 1 aromatic heterocycles. The van der Waals surface area contributed by atoms with Crippen molar-refractivity contribution in [3.05, 3.63) is 90.0 Å². The summed E-state index contributed by atoms with van der Waals surface area (Å²) in [6.07, 6.45) is 6.75. The number of hydrogen-bond donors (Lipinski definition) is 29. The van der Waals surface area contributed by atoms with Crippen molar-refractivity contribution >= 4 is 130 Å². The fraction of sp³-hybridized carbons (Fsp3) is 0.632. The largest absolute Gasteiger partial charge is 0.480 e. The maximum atomic E-state index is 14.8. The number of aliphatic hydroxyl groups excluding tert-OH is 2. The first-order valence-electron chi connectivity index (χ1n) is 49.5. The fourth-order valence-electron chi connectivity index (χ4n) is 14.8. The molecule has 36 N–H and O–H groups in total. The van der Waals surface area contributed by atoms with Gasteiger partial charge in [-0.15, -0.1) is 0 Å². The van der Waals surface area contributed by atoms with E-state index in [4.69, 9.17) is 40.1 Å². The van der Waals surface area contributed by atoms with E-state index in [9.17, 15) is 111 Å². The van der Waals surface area contributed by atoms with E-state index in [0.717, 1.165) is 0 Å². The Bertz CT molecular complexity index is 4650. The molecule has 0 aliphatic carbocycles. The van der Waals surface area contributed by atoms with Crippen LogP contribution in [0.5, 0.6) is 0 Å². The van der Waals surface area contributed by atoms with Gasteiger partial charge in [0.1, 0.15) is 109 Å². The van der Waals surface area contributed by atoms with Gasteiger partial charge in [-0.3, -0.25) is 91.1 Å². The summed E-state index contributed by atoms with van der Waals surface area (Å²) in [6, 6.07) is -9.60. The second-order valence-corrected chi connectivity index (χ2v) is 36.9. The molecule has 3 rings (SSSR count). The van der Waals surface area contributed by atoms with Crippen molar-refractivity contribution in [3.63, 3.8) is 0 Å². The number of unbranched alkanes of at least 4 members (excludes halogenated alkanes) is 5. The summed E-state index contributed by atoms with van der Waals surface area (Å²) >= 11 is 1.28. The third-order valence-electron chi connectivity index (χ3n) is 24.0. The monoisotopic (exact) mass is 2080 g/mol. The van der Waals surface area contributed by atoms with Crippen LogP contribution in [0.25, 0.3) is 0 Å². The van der Waals surface area contributed by atoms with E-state index < -0.39 is 265 Å². The molecule has 20 atom stereocenters. The molecule has 0 saturated heterocycles.